The first-order chi connectivity index (χ1) is 21.2. The zero-order valence-corrected chi connectivity index (χ0v) is 24.5. The zero-order valence-electron chi connectivity index (χ0n) is 24.5. The highest BCUT2D eigenvalue weighted by molar-refractivity contribution is 6.02. The van der Waals surface area contributed by atoms with Crippen LogP contribution >= 0.6 is 0 Å². The summed E-state index contributed by atoms with van der Waals surface area (Å²) < 4.78 is 35.3. The molecule has 44 heavy (non-hydrogen) atoms. The molecule has 2 bridgehead atoms. The van der Waals surface area contributed by atoms with Gasteiger partial charge >= 0.3 is 0 Å². The second-order valence-corrected chi connectivity index (χ2v) is 11.6. The number of nitrogens with one attached hydrogen (secondary N) is 1. The van der Waals surface area contributed by atoms with Gasteiger partial charge in [-0.05, 0) is 44.4 Å². The number of carbonyl (C=O) groups is 2. The third-order valence-corrected chi connectivity index (χ3v) is 8.73. The van der Waals surface area contributed by atoms with Crippen LogP contribution in [0.2, 0.25) is 0 Å². The number of aromatic nitrogens is 2. The molecule has 2 amide bonds. The lowest BCUT2D eigenvalue weighted by Crippen LogP contribution is -2.52. The van der Waals surface area contributed by atoms with E-state index in [1.54, 1.807) is 21.9 Å². The van der Waals surface area contributed by atoms with Crippen molar-refractivity contribution in [1.29, 1.82) is 0 Å². The minimum Gasteiger partial charge on any atom is -0.487 e. The fraction of sp³-hybridized carbons (Fsp3) is 0.406. The second-order valence-electron chi connectivity index (χ2n) is 11.6. The summed E-state index contributed by atoms with van der Waals surface area (Å²) in [5.74, 6) is -2.90. The fourth-order valence-corrected chi connectivity index (χ4v) is 6.18. The first-order valence-electron chi connectivity index (χ1n) is 14.8. The molecular formula is C32H33F2N5O5. The van der Waals surface area contributed by atoms with Gasteiger partial charge in [-0.15, -0.1) is 0 Å². The van der Waals surface area contributed by atoms with Crippen molar-refractivity contribution in [2.24, 2.45) is 5.16 Å². The molecule has 1 fully saturated rings. The predicted octanol–water partition coefficient (Wildman–Crippen LogP) is 4.37. The lowest BCUT2D eigenvalue weighted by Gasteiger charge is -2.42. The predicted molar refractivity (Wildman–Crippen MR) is 157 cm³/mol. The van der Waals surface area contributed by atoms with Gasteiger partial charge in [-0.1, -0.05) is 24.6 Å². The van der Waals surface area contributed by atoms with Crippen LogP contribution < -0.4 is 15.5 Å². The number of unbranched alkanes of at least 4 members (excludes halogenated alkanes) is 1. The summed E-state index contributed by atoms with van der Waals surface area (Å²) in [7, 11) is 0. The first kappa shape index (κ1) is 29.5. The van der Waals surface area contributed by atoms with E-state index in [9.17, 15) is 23.2 Å². The average Bonchev–Trinajstić information content (AvgIpc) is 3.41. The number of halogens is 2. The average molecular weight is 606 g/mol. The number of amides is 2. The lowest BCUT2D eigenvalue weighted by molar-refractivity contribution is -0.0656. The van der Waals surface area contributed by atoms with Gasteiger partial charge in [0.15, 0.2) is 17.0 Å². The molecule has 230 valence electrons. The third kappa shape index (κ3) is 5.22. The third-order valence-electron chi connectivity index (χ3n) is 8.73. The second kappa shape index (κ2) is 11.8. The number of rotatable bonds is 8. The van der Waals surface area contributed by atoms with E-state index in [2.05, 4.69) is 15.5 Å². The SMILES string of the molecule is CCCCOc1c2n(cc(C(=O)NCc3ccc(F)cc3F)c1=O)[C@@H]1CN(C2=O)[C@@H](C)CC[C@]12CC(c1cccnc1)=NO2. The van der Waals surface area contributed by atoms with Crippen LogP contribution in [0.4, 0.5) is 8.78 Å². The highest BCUT2D eigenvalue weighted by Crippen LogP contribution is 2.47. The Labute approximate surface area is 252 Å². The van der Waals surface area contributed by atoms with Gasteiger partial charge < -0.3 is 24.4 Å². The van der Waals surface area contributed by atoms with Crippen LogP contribution in [0, 0.1) is 11.6 Å². The molecule has 1 saturated heterocycles. The topological polar surface area (TPSA) is 115 Å². The van der Waals surface area contributed by atoms with Crippen LogP contribution in [0.5, 0.6) is 5.75 Å². The molecule has 1 N–H and O–H groups in total. The summed E-state index contributed by atoms with van der Waals surface area (Å²) >= 11 is 0. The van der Waals surface area contributed by atoms with Gasteiger partial charge in [0.25, 0.3) is 11.8 Å². The molecule has 0 radical (unpaired) electrons. The van der Waals surface area contributed by atoms with Gasteiger partial charge in [-0.3, -0.25) is 19.4 Å². The van der Waals surface area contributed by atoms with Gasteiger partial charge in [-0.25, -0.2) is 8.78 Å². The van der Waals surface area contributed by atoms with Crippen LogP contribution in [0.15, 0.2) is 58.9 Å². The Morgan fingerprint density at radius 2 is 2.09 bits per heavy atom. The van der Waals surface area contributed by atoms with Crippen molar-refractivity contribution in [3.05, 3.63) is 93.2 Å². The Bertz CT molecular complexity index is 1690. The van der Waals surface area contributed by atoms with Crippen LogP contribution in [0.25, 0.3) is 0 Å². The number of nitrogens with zero attached hydrogens (tertiary/aromatic N) is 4. The van der Waals surface area contributed by atoms with E-state index in [0.29, 0.717) is 25.7 Å². The molecule has 5 heterocycles. The van der Waals surface area contributed by atoms with Crippen molar-refractivity contribution in [2.45, 2.75) is 70.2 Å². The van der Waals surface area contributed by atoms with Crippen LogP contribution in [0.1, 0.15) is 84.0 Å². The van der Waals surface area contributed by atoms with Gasteiger partial charge in [0.05, 0.1) is 18.4 Å². The van der Waals surface area contributed by atoms with Gasteiger partial charge in [0, 0.05) is 61.3 Å². The molecule has 10 nitrogen and oxygen atoms in total. The largest absolute Gasteiger partial charge is 0.487 e. The summed E-state index contributed by atoms with van der Waals surface area (Å²) in [6.07, 6.45) is 7.83. The Morgan fingerprint density at radius 1 is 1.25 bits per heavy atom. The van der Waals surface area contributed by atoms with E-state index in [-0.39, 0.29) is 54.2 Å². The molecule has 3 atom stereocenters. The minimum atomic E-state index is -0.871. The summed E-state index contributed by atoms with van der Waals surface area (Å²) in [5, 5.41) is 7.02. The van der Waals surface area contributed by atoms with Gasteiger partial charge in [-0.2, -0.15) is 0 Å². The van der Waals surface area contributed by atoms with Gasteiger partial charge in [0.2, 0.25) is 5.43 Å². The molecule has 0 saturated carbocycles. The zero-order chi connectivity index (χ0) is 31.0. The van der Waals surface area contributed by atoms with Crippen molar-refractivity contribution in [1.82, 2.24) is 19.8 Å². The maximum Gasteiger partial charge on any atom is 0.274 e. The normalized spacial score (nSPS) is 22.2. The summed E-state index contributed by atoms with van der Waals surface area (Å²) in [6.45, 7) is 4.11. The molecule has 3 aromatic rings. The Hall–Kier alpha value is -4.61. The van der Waals surface area contributed by atoms with E-state index < -0.39 is 34.6 Å². The monoisotopic (exact) mass is 605 g/mol. The van der Waals surface area contributed by atoms with E-state index in [0.717, 1.165) is 29.8 Å². The molecule has 0 aliphatic carbocycles. The minimum absolute atomic E-state index is 0.0548. The highest BCUT2D eigenvalue weighted by atomic mass is 19.1. The standard InChI is InChI=1S/C32H33F2N5O5/c1-3-4-12-43-29-27-31(42)38-18-26(32(10-9-19(38)2)14-25(37-44-32)21-6-5-11-35-15-21)39(27)17-23(28(29)40)30(41)36-16-20-7-8-22(33)13-24(20)34/h5-8,11,13,15,17,19,26H,3-4,9-10,12,14,16,18H2,1-2H3,(H,36,41)/t19-,26+,32-/m0/s1. The molecule has 12 heteroatoms. The molecule has 3 aliphatic heterocycles. The quantitative estimate of drug-likeness (QED) is 0.382. The number of oxime groups is 1. The number of ether oxygens (including phenoxy) is 1. The van der Waals surface area contributed by atoms with Crippen molar-refractivity contribution >= 4 is 17.5 Å². The maximum absolute atomic E-state index is 14.3. The van der Waals surface area contributed by atoms with Crippen molar-refractivity contribution in [2.75, 3.05) is 13.2 Å². The number of hydrogen-bond donors (Lipinski definition) is 1. The smallest absolute Gasteiger partial charge is 0.274 e. The molecular weight excluding hydrogens is 572 g/mol. The van der Waals surface area contributed by atoms with Crippen LogP contribution in [0.3, 0.4) is 0 Å². The van der Waals surface area contributed by atoms with Crippen molar-refractivity contribution in [3.8, 4) is 5.75 Å². The number of benzene rings is 1. The summed E-state index contributed by atoms with van der Waals surface area (Å²) in [4.78, 5) is 53.5. The first-order valence-corrected chi connectivity index (χ1v) is 14.8. The lowest BCUT2D eigenvalue weighted by atomic mass is 9.83. The fourth-order valence-electron chi connectivity index (χ4n) is 6.18. The Balaban J connectivity index is 1.43. The molecule has 2 aromatic heterocycles. The number of hydrogen-bond acceptors (Lipinski definition) is 7. The van der Waals surface area contributed by atoms with Crippen LogP contribution in [-0.4, -0.2) is 56.8 Å². The number of carbonyl (C=O) groups excluding carboxylic acids is 2. The maximum atomic E-state index is 14.3. The van der Waals surface area contributed by atoms with Crippen molar-refractivity contribution in [3.63, 3.8) is 0 Å². The van der Waals surface area contributed by atoms with E-state index in [1.807, 2.05) is 26.0 Å². The molecule has 1 aromatic carbocycles. The van der Waals surface area contributed by atoms with E-state index in [1.165, 1.54) is 12.3 Å². The highest BCUT2D eigenvalue weighted by Gasteiger charge is 2.54. The Morgan fingerprint density at radius 3 is 2.84 bits per heavy atom. The number of pyridine rings is 2. The number of fused-ring (bicyclic) bond motifs is 5. The van der Waals surface area contributed by atoms with Gasteiger partial charge in [0.1, 0.15) is 17.2 Å². The summed E-state index contributed by atoms with van der Waals surface area (Å²) in [6, 6.07) is 6.12. The van der Waals surface area contributed by atoms with E-state index in [4.69, 9.17) is 9.57 Å². The summed E-state index contributed by atoms with van der Waals surface area (Å²) in [5.41, 5.74) is -0.208. The molecule has 1 spiro atoms. The van der Waals surface area contributed by atoms with Crippen molar-refractivity contribution < 1.29 is 27.9 Å². The molecule has 6 rings (SSSR count). The molecule has 3 aliphatic rings. The Kier molecular flexibility index (Phi) is 7.91. The van der Waals surface area contributed by atoms with E-state index >= 15 is 0 Å². The van der Waals surface area contributed by atoms with Crippen LogP contribution in [-0.2, 0) is 11.4 Å². The molecule has 0 unspecified atom stereocenters.